The summed E-state index contributed by atoms with van der Waals surface area (Å²) < 4.78 is 5.55. The Labute approximate surface area is 92.7 Å². The van der Waals surface area contributed by atoms with Gasteiger partial charge in [0.05, 0.1) is 14.9 Å². The van der Waals surface area contributed by atoms with Crippen LogP contribution in [-0.2, 0) is 4.52 Å². The fourth-order valence-electron chi connectivity index (χ4n) is 1.35. The van der Waals surface area contributed by atoms with Crippen molar-refractivity contribution in [3.8, 4) is 0 Å². The lowest BCUT2D eigenvalue weighted by Crippen LogP contribution is -2.07. The molecule has 0 amide bonds. The summed E-state index contributed by atoms with van der Waals surface area (Å²) in [5.74, 6) is 0.297. The molecule has 3 nitrogen and oxygen atoms in total. The quantitative estimate of drug-likeness (QED) is 0.599. The number of hydrogen-bond donors (Lipinski definition) is 2. The van der Waals surface area contributed by atoms with E-state index in [1.54, 1.807) is 0 Å². The molecule has 0 heterocycles. The van der Waals surface area contributed by atoms with Gasteiger partial charge in [-0.2, -0.15) is 0 Å². The van der Waals surface area contributed by atoms with Crippen LogP contribution < -0.4 is 11.2 Å². The molecule has 4 N–H and O–H groups in total. The SMILES string of the molecule is CCP(N)OC[C@@H](C)c1ccccc1N. The van der Waals surface area contributed by atoms with Crippen LogP contribution >= 0.6 is 8.30 Å². The zero-order chi connectivity index (χ0) is 11.3. The minimum Gasteiger partial charge on any atom is -0.398 e. The summed E-state index contributed by atoms with van der Waals surface area (Å²) in [5, 5.41) is 0. The Hall–Kier alpha value is -0.630. The van der Waals surface area contributed by atoms with Crippen molar-refractivity contribution >= 4 is 14.0 Å². The van der Waals surface area contributed by atoms with E-state index in [2.05, 4.69) is 6.92 Å². The van der Waals surface area contributed by atoms with Gasteiger partial charge in [-0.3, -0.25) is 5.50 Å². The molecule has 0 saturated heterocycles. The lowest BCUT2D eigenvalue weighted by atomic mass is 10.0. The molecule has 0 fully saturated rings. The zero-order valence-corrected chi connectivity index (χ0v) is 10.2. The highest BCUT2D eigenvalue weighted by Crippen LogP contribution is 2.30. The average molecular weight is 226 g/mol. The van der Waals surface area contributed by atoms with Gasteiger partial charge in [-0.15, -0.1) is 0 Å². The highest BCUT2D eigenvalue weighted by Gasteiger charge is 2.10. The third-order valence-electron chi connectivity index (χ3n) is 2.33. The molecule has 1 unspecified atom stereocenters. The number of benzene rings is 1. The number of hydrogen-bond acceptors (Lipinski definition) is 3. The zero-order valence-electron chi connectivity index (χ0n) is 9.31. The van der Waals surface area contributed by atoms with E-state index in [9.17, 15) is 0 Å². The predicted octanol–water partition coefficient (Wildman–Crippen LogP) is 2.68. The van der Waals surface area contributed by atoms with Gasteiger partial charge in [0.25, 0.3) is 0 Å². The van der Waals surface area contributed by atoms with Gasteiger partial charge in [-0.1, -0.05) is 32.0 Å². The molecule has 0 spiro atoms. The minimum atomic E-state index is -0.752. The lowest BCUT2D eigenvalue weighted by molar-refractivity contribution is 0.327. The molecule has 1 aromatic rings. The van der Waals surface area contributed by atoms with Crippen LogP contribution in [0.25, 0.3) is 0 Å². The molecule has 1 rings (SSSR count). The Morgan fingerprint density at radius 3 is 2.67 bits per heavy atom. The molecule has 4 heteroatoms. The molecule has 15 heavy (non-hydrogen) atoms. The Balaban J connectivity index is 2.54. The molecule has 1 aromatic carbocycles. The van der Waals surface area contributed by atoms with Crippen molar-refractivity contribution in [1.82, 2.24) is 0 Å². The molecule has 0 aliphatic carbocycles. The fourth-order valence-corrected chi connectivity index (χ4v) is 1.95. The summed E-state index contributed by atoms with van der Waals surface area (Å²) in [7, 11) is -0.752. The van der Waals surface area contributed by atoms with E-state index in [1.807, 2.05) is 31.2 Å². The summed E-state index contributed by atoms with van der Waals surface area (Å²) in [6.45, 7) is 4.78. The molecule has 0 aliphatic heterocycles. The van der Waals surface area contributed by atoms with Gasteiger partial charge in [-0.05, 0) is 11.6 Å². The van der Waals surface area contributed by atoms with E-state index in [-0.39, 0.29) is 0 Å². The Kier molecular flexibility index (Phi) is 5.03. The number of para-hydroxylation sites is 1. The number of nitrogen functional groups attached to an aromatic ring is 1. The van der Waals surface area contributed by atoms with Crippen molar-refractivity contribution in [2.24, 2.45) is 5.50 Å². The smallest absolute Gasteiger partial charge is 0.0980 e. The molecule has 0 aliphatic rings. The van der Waals surface area contributed by atoms with Crippen molar-refractivity contribution in [1.29, 1.82) is 0 Å². The molecule has 0 bridgehead atoms. The number of anilines is 1. The summed E-state index contributed by atoms with van der Waals surface area (Å²) in [5.41, 5.74) is 13.6. The van der Waals surface area contributed by atoms with E-state index in [1.165, 1.54) is 0 Å². The van der Waals surface area contributed by atoms with E-state index in [0.29, 0.717) is 12.5 Å². The van der Waals surface area contributed by atoms with Crippen molar-refractivity contribution in [2.75, 3.05) is 18.5 Å². The van der Waals surface area contributed by atoms with Crippen LogP contribution in [0.4, 0.5) is 5.69 Å². The van der Waals surface area contributed by atoms with E-state index >= 15 is 0 Å². The van der Waals surface area contributed by atoms with Crippen LogP contribution in [-0.4, -0.2) is 12.8 Å². The highest BCUT2D eigenvalue weighted by molar-refractivity contribution is 7.49. The van der Waals surface area contributed by atoms with Crippen LogP contribution in [0.5, 0.6) is 0 Å². The maximum Gasteiger partial charge on any atom is 0.0980 e. The van der Waals surface area contributed by atoms with Crippen molar-refractivity contribution in [3.63, 3.8) is 0 Å². The third-order valence-corrected chi connectivity index (χ3v) is 3.43. The van der Waals surface area contributed by atoms with E-state index in [0.717, 1.165) is 17.4 Å². The molecule has 0 radical (unpaired) electrons. The average Bonchev–Trinajstić information content (AvgIpc) is 2.26. The highest BCUT2D eigenvalue weighted by atomic mass is 31.2. The minimum absolute atomic E-state index is 0.297. The molecule has 84 valence electrons. The Morgan fingerprint density at radius 2 is 2.07 bits per heavy atom. The summed E-state index contributed by atoms with van der Waals surface area (Å²) in [6, 6.07) is 7.88. The van der Waals surface area contributed by atoms with Crippen LogP contribution in [0.1, 0.15) is 25.3 Å². The maximum absolute atomic E-state index is 5.88. The first-order valence-electron chi connectivity index (χ1n) is 5.14. The van der Waals surface area contributed by atoms with Gasteiger partial charge in [0.15, 0.2) is 0 Å². The number of rotatable bonds is 5. The fraction of sp³-hybridized carbons (Fsp3) is 0.455. The molecule has 0 aromatic heterocycles. The molecular formula is C11H19N2OP. The van der Waals surface area contributed by atoms with Gasteiger partial charge in [0.2, 0.25) is 0 Å². The van der Waals surface area contributed by atoms with E-state index < -0.39 is 8.30 Å². The van der Waals surface area contributed by atoms with Crippen molar-refractivity contribution in [2.45, 2.75) is 19.8 Å². The van der Waals surface area contributed by atoms with Crippen LogP contribution in [0.3, 0.4) is 0 Å². The Bertz CT molecular complexity index is 306. The largest absolute Gasteiger partial charge is 0.398 e. The second kappa shape index (κ2) is 6.06. The van der Waals surface area contributed by atoms with Gasteiger partial charge in [0.1, 0.15) is 0 Å². The Morgan fingerprint density at radius 1 is 1.40 bits per heavy atom. The van der Waals surface area contributed by atoms with Crippen LogP contribution in [0.15, 0.2) is 24.3 Å². The molecular weight excluding hydrogens is 207 g/mol. The third kappa shape index (κ3) is 3.78. The van der Waals surface area contributed by atoms with Gasteiger partial charge >= 0.3 is 0 Å². The monoisotopic (exact) mass is 226 g/mol. The first-order valence-corrected chi connectivity index (χ1v) is 6.66. The van der Waals surface area contributed by atoms with Gasteiger partial charge < -0.3 is 10.3 Å². The second-order valence-electron chi connectivity index (χ2n) is 3.56. The summed E-state index contributed by atoms with van der Waals surface area (Å²) in [6.07, 6.45) is 0.895. The van der Waals surface area contributed by atoms with Crippen LogP contribution in [0.2, 0.25) is 0 Å². The van der Waals surface area contributed by atoms with E-state index in [4.69, 9.17) is 15.8 Å². The first kappa shape index (κ1) is 12.4. The predicted molar refractivity (Wildman–Crippen MR) is 66.9 cm³/mol. The normalized spacial score (nSPS) is 14.9. The summed E-state index contributed by atoms with van der Waals surface area (Å²) >= 11 is 0. The summed E-state index contributed by atoms with van der Waals surface area (Å²) in [4.78, 5) is 0. The molecule has 0 saturated carbocycles. The second-order valence-corrected chi connectivity index (χ2v) is 5.28. The standard InChI is InChI=1S/C11H19N2OP/c1-3-15(13)14-8-9(2)10-6-4-5-7-11(10)12/h4-7,9H,3,8,12-13H2,1-2H3/t9-,15?/m1/s1. The topological polar surface area (TPSA) is 61.3 Å². The lowest BCUT2D eigenvalue weighted by Gasteiger charge is -2.16. The number of nitrogens with two attached hydrogens (primary N) is 2. The van der Waals surface area contributed by atoms with Gasteiger partial charge in [0, 0.05) is 17.8 Å². The van der Waals surface area contributed by atoms with Crippen molar-refractivity contribution < 1.29 is 4.52 Å². The first-order chi connectivity index (χ1) is 7.15. The van der Waals surface area contributed by atoms with Crippen LogP contribution in [0, 0.1) is 0 Å². The van der Waals surface area contributed by atoms with Crippen molar-refractivity contribution in [3.05, 3.63) is 29.8 Å². The maximum atomic E-state index is 5.88. The van der Waals surface area contributed by atoms with Gasteiger partial charge in [-0.25, -0.2) is 0 Å². The molecule has 2 atom stereocenters.